The van der Waals surface area contributed by atoms with Gasteiger partial charge in [0.2, 0.25) is 0 Å². The summed E-state index contributed by atoms with van der Waals surface area (Å²) >= 11 is 6.56. The van der Waals surface area contributed by atoms with E-state index in [1.54, 1.807) is 12.1 Å². The van der Waals surface area contributed by atoms with Crippen LogP contribution in [0.15, 0.2) is 59.8 Å². The van der Waals surface area contributed by atoms with Gasteiger partial charge < -0.3 is 9.47 Å². The number of alkyl halides is 1. The molecule has 2 aromatic carbocycles. The van der Waals surface area contributed by atoms with Gasteiger partial charge in [-0.1, -0.05) is 30.3 Å². The SMILES string of the molecule is CS(=O)(=O)c1ccc2c(c1)ncn2C1CCN(CCC(Cl)c2ccccc2)CC1. The maximum Gasteiger partial charge on any atom is 0.175 e. The molecule has 1 saturated heterocycles. The maximum absolute atomic E-state index is 11.8. The minimum Gasteiger partial charge on any atom is -0.327 e. The van der Waals surface area contributed by atoms with E-state index in [1.807, 2.05) is 30.6 Å². The van der Waals surface area contributed by atoms with Crippen molar-refractivity contribution in [3.8, 4) is 0 Å². The predicted molar refractivity (Wildman–Crippen MR) is 117 cm³/mol. The topological polar surface area (TPSA) is 55.2 Å². The molecule has 0 aliphatic carbocycles. The third-order valence-electron chi connectivity index (χ3n) is 5.78. The van der Waals surface area contributed by atoms with Crippen LogP contribution in [0.25, 0.3) is 11.0 Å². The van der Waals surface area contributed by atoms with Crippen LogP contribution >= 0.6 is 11.6 Å². The van der Waals surface area contributed by atoms with E-state index in [4.69, 9.17) is 11.6 Å². The summed E-state index contributed by atoms with van der Waals surface area (Å²) in [7, 11) is -3.22. The van der Waals surface area contributed by atoms with E-state index < -0.39 is 9.84 Å². The van der Waals surface area contributed by atoms with Crippen molar-refractivity contribution in [2.24, 2.45) is 0 Å². The number of rotatable bonds is 6. The molecule has 1 fully saturated rings. The maximum atomic E-state index is 11.8. The quantitative estimate of drug-likeness (QED) is 0.541. The van der Waals surface area contributed by atoms with E-state index in [1.165, 1.54) is 11.8 Å². The Hall–Kier alpha value is -1.89. The Labute approximate surface area is 177 Å². The molecule has 5 nitrogen and oxygen atoms in total. The lowest BCUT2D eigenvalue weighted by Crippen LogP contribution is -2.35. The Bertz CT molecular complexity index is 1070. The monoisotopic (exact) mass is 431 g/mol. The lowest BCUT2D eigenvalue weighted by Gasteiger charge is -2.33. The number of piperidine rings is 1. The zero-order valence-corrected chi connectivity index (χ0v) is 18.1. The van der Waals surface area contributed by atoms with Crippen LogP contribution in [0.2, 0.25) is 0 Å². The first kappa shape index (κ1) is 20.4. The Kier molecular flexibility index (Phi) is 5.95. The highest BCUT2D eigenvalue weighted by atomic mass is 35.5. The summed E-state index contributed by atoms with van der Waals surface area (Å²) in [5, 5.41) is 0.0514. The van der Waals surface area contributed by atoms with Crippen LogP contribution in [0.1, 0.15) is 36.2 Å². The van der Waals surface area contributed by atoms with Gasteiger partial charge in [-0.2, -0.15) is 0 Å². The average Bonchev–Trinajstić information content (AvgIpc) is 3.16. The molecule has 1 aliphatic rings. The van der Waals surface area contributed by atoms with Crippen LogP contribution in [0.3, 0.4) is 0 Å². The number of fused-ring (bicyclic) bond motifs is 1. The van der Waals surface area contributed by atoms with Crippen molar-refractivity contribution in [3.05, 3.63) is 60.4 Å². The van der Waals surface area contributed by atoms with Gasteiger partial charge in [0.05, 0.1) is 27.6 Å². The van der Waals surface area contributed by atoms with Gasteiger partial charge in [-0.15, -0.1) is 11.6 Å². The normalized spacial score (nSPS) is 17.6. The van der Waals surface area contributed by atoms with Gasteiger partial charge in [-0.25, -0.2) is 13.4 Å². The first-order chi connectivity index (χ1) is 13.9. The molecule has 0 radical (unpaired) electrons. The molecule has 1 unspecified atom stereocenters. The fraction of sp³-hybridized carbons (Fsp3) is 0.409. The molecule has 2 heterocycles. The second-order valence-corrected chi connectivity index (χ2v) is 10.4. The van der Waals surface area contributed by atoms with Crippen LogP contribution in [0.4, 0.5) is 0 Å². The van der Waals surface area contributed by atoms with Crippen molar-refractivity contribution in [2.75, 3.05) is 25.9 Å². The number of sulfone groups is 1. The van der Waals surface area contributed by atoms with Crippen molar-refractivity contribution in [1.82, 2.24) is 14.5 Å². The lowest BCUT2D eigenvalue weighted by atomic mass is 10.0. The standard InChI is InChI=1S/C22H26ClN3O2S/c1-29(27,28)19-7-8-22-21(15-19)24-16-26(22)18-9-12-25(13-10-18)14-11-20(23)17-5-3-2-4-6-17/h2-8,15-16,18,20H,9-14H2,1H3. The number of hydrogen-bond acceptors (Lipinski definition) is 4. The second kappa shape index (κ2) is 8.46. The number of halogens is 1. The van der Waals surface area contributed by atoms with Crippen LogP contribution in [-0.2, 0) is 9.84 Å². The summed E-state index contributed by atoms with van der Waals surface area (Å²) in [6, 6.07) is 15.9. The molecular formula is C22H26ClN3O2S. The first-order valence-electron chi connectivity index (χ1n) is 10.00. The number of hydrogen-bond donors (Lipinski definition) is 0. The summed E-state index contributed by atoms with van der Waals surface area (Å²) in [5.74, 6) is 0. The van der Waals surface area contributed by atoms with Gasteiger partial charge in [0.1, 0.15) is 0 Å². The molecule has 1 aliphatic heterocycles. The van der Waals surface area contributed by atoms with Gasteiger partial charge in [0.25, 0.3) is 0 Å². The molecule has 29 heavy (non-hydrogen) atoms. The Morgan fingerprint density at radius 2 is 1.86 bits per heavy atom. The molecule has 0 amide bonds. The minimum atomic E-state index is -3.22. The zero-order valence-electron chi connectivity index (χ0n) is 16.5. The fourth-order valence-electron chi connectivity index (χ4n) is 4.08. The molecule has 0 saturated carbocycles. The third kappa shape index (κ3) is 4.65. The van der Waals surface area contributed by atoms with Crippen molar-refractivity contribution in [3.63, 3.8) is 0 Å². The summed E-state index contributed by atoms with van der Waals surface area (Å²) in [6.07, 6.45) is 6.12. The van der Waals surface area contributed by atoms with Crippen molar-refractivity contribution in [1.29, 1.82) is 0 Å². The van der Waals surface area contributed by atoms with Gasteiger partial charge in [-0.3, -0.25) is 0 Å². The summed E-state index contributed by atoms with van der Waals surface area (Å²) in [5.41, 5.74) is 2.92. The third-order valence-corrected chi connectivity index (χ3v) is 7.37. The number of nitrogens with zero attached hydrogens (tertiary/aromatic N) is 3. The average molecular weight is 432 g/mol. The smallest absolute Gasteiger partial charge is 0.175 e. The Morgan fingerprint density at radius 3 is 2.55 bits per heavy atom. The molecule has 1 atom stereocenters. The number of likely N-dealkylation sites (tertiary alicyclic amines) is 1. The van der Waals surface area contributed by atoms with Crippen molar-refractivity contribution in [2.45, 2.75) is 35.6 Å². The van der Waals surface area contributed by atoms with E-state index in [0.29, 0.717) is 10.9 Å². The van der Waals surface area contributed by atoms with Crippen LogP contribution < -0.4 is 0 Å². The zero-order chi connectivity index (χ0) is 20.4. The highest BCUT2D eigenvalue weighted by molar-refractivity contribution is 7.90. The molecule has 3 aromatic rings. The number of benzene rings is 2. The molecule has 7 heteroatoms. The molecule has 0 N–H and O–H groups in total. The van der Waals surface area contributed by atoms with Gasteiger partial charge in [0, 0.05) is 25.4 Å². The molecule has 154 valence electrons. The lowest BCUT2D eigenvalue weighted by molar-refractivity contribution is 0.186. The van der Waals surface area contributed by atoms with Crippen molar-refractivity contribution >= 4 is 32.5 Å². The summed E-state index contributed by atoms with van der Waals surface area (Å²) in [6.45, 7) is 3.06. The van der Waals surface area contributed by atoms with E-state index in [2.05, 4.69) is 26.6 Å². The Morgan fingerprint density at radius 1 is 1.14 bits per heavy atom. The molecule has 4 rings (SSSR count). The fourth-order valence-corrected chi connectivity index (χ4v) is 4.96. The minimum absolute atomic E-state index is 0.0514. The van der Waals surface area contributed by atoms with Gasteiger partial charge in [0.15, 0.2) is 9.84 Å². The highest BCUT2D eigenvalue weighted by Crippen LogP contribution is 2.29. The largest absolute Gasteiger partial charge is 0.327 e. The number of imidazole rings is 1. The van der Waals surface area contributed by atoms with Crippen molar-refractivity contribution < 1.29 is 8.42 Å². The van der Waals surface area contributed by atoms with Gasteiger partial charge in [-0.05, 0) is 49.6 Å². The summed E-state index contributed by atoms with van der Waals surface area (Å²) in [4.78, 5) is 7.25. The Balaban J connectivity index is 1.36. The molecular weight excluding hydrogens is 406 g/mol. The predicted octanol–water partition coefficient (Wildman–Crippen LogP) is 4.45. The molecule has 0 bridgehead atoms. The highest BCUT2D eigenvalue weighted by Gasteiger charge is 2.23. The van der Waals surface area contributed by atoms with E-state index in [9.17, 15) is 8.42 Å². The first-order valence-corrected chi connectivity index (χ1v) is 12.3. The van der Waals surface area contributed by atoms with Crippen LogP contribution in [-0.4, -0.2) is 48.8 Å². The van der Waals surface area contributed by atoms with Gasteiger partial charge >= 0.3 is 0 Å². The molecule has 0 spiro atoms. The van der Waals surface area contributed by atoms with E-state index in [-0.39, 0.29) is 5.38 Å². The summed E-state index contributed by atoms with van der Waals surface area (Å²) < 4.78 is 25.7. The second-order valence-electron chi connectivity index (χ2n) is 7.81. The molecule has 1 aromatic heterocycles. The number of aromatic nitrogens is 2. The van der Waals surface area contributed by atoms with Crippen LogP contribution in [0, 0.1) is 0 Å². The van der Waals surface area contributed by atoms with E-state index >= 15 is 0 Å². The van der Waals surface area contributed by atoms with Crippen LogP contribution in [0.5, 0.6) is 0 Å². The van der Waals surface area contributed by atoms with E-state index in [0.717, 1.165) is 49.9 Å².